The van der Waals surface area contributed by atoms with Crippen molar-refractivity contribution in [3.05, 3.63) is 40.1 Å². The molecule has 0 aliphatic heterocycles. The van der Waals surface area contributed by atoms with E-state index in [4.69, 9.17) is 0 Å². The molecule has 0 saturated carbocycles. The van der Waals surface area contributed by atoms with Crippen LogP contribution in [0.25, 0.3) is 0 Å². The minimum atomic E-state index is -0.284. The van der Waals surface area contributed by atoms with Crippen molar-refractivity contribution in [2.45, 2.75) is 43.4 Å². The summed E-state index contributed by atoms with van der Waals surface area (Å²) in [6.07, 6.45) is 0.835. The number of aromatic nitrogens is 3. The molecule has 0 atom stereocenters. The molecule has 0 unspecified atom stereocenters. The highest BCUT2D eigenvalue weighted by Gasteiger charge is 2.10. The molecule has 0 amide bonds. The molecule has 2 aromatic rings. The standard InChI is InChI=1S/C14H19FN4OS/c1-3-5-19-13(20)17-18-14(19)21-12-7-10(9-16-4-2)6-11(15)8-12/h6-8,16H,3-5,9H2,1-2H3,(H,17,20). The number of benzene rings is 1. The maximum atomic E-state index is 13.7. The number of nitrogens with one attached hydrogen (secondary N) is 2. The summed E-state index contributed by atoms with van der Waals surface area (Å²) in [4.78, 5) is 12.4. The van der Waals surface area contributed by atoms with Crippen LogP contribution in [0.4, 0.5) is 4.39 Å². The van der Waals surface area contributed by atoms with E-state index in [1.54, 1.807) is 4.57 Å². The Balaban J connectivity index is 2.23. The van der Waals surface area contributed by atoms with E-state index in [1.165, 1.54) is 23.9 Å². The predicted octanol–water partition coefficient (Wildman–Crippen LogP) is 2.38. The molecule has 1 aromatic heterocycles. The zero-order chi connectivity index (χ0) is 15.2. The van der Waals surface area contributed by atoms with E-state index < -0.39 is 0 Å². The second-order valence-electron chi connectivity index (χ2n) is 4.64. The molecule has 0 aliphatic rings. The van der Waals surface area contributed by atoms with Crippen LogP contribution < -0.4 is 11.0 Å². The number of hydrogen-bond donors (Lipinski definition) is 2. The van der Waals surface area contributed by atoms with Crippen molar-refractivity contribution in [3.8, 4) is 0 Å². The third-order valence-corrected chi connectivity index (χ3v) is 3.86. The fraction of sp³-hybridized carbons (Fsp3) is 0.429. The smallest absolute Gasteiger partial charge is 0.313 e. The second kappa shape index (κ2) is 7.42. The summed E-state index contributed by atoms with van der Waals surface area (Å²) in [7, 11) is 0. The van der Waals surface area contributed by atoms with Crippen molar-refractivity contribution in [1.29, 1.82) is 0 Å². The van der Waals surface area contributed by atoms with Crippen LogP contribution in [-0.4, -0.2) is 21.3 Å². The second-order valence-corrected chi connectivity index (χ2v) is 5.68. The number of nitrogens with zero attached hydrogens (tertiary/aromatic N) is 2. The van der Waals surface area contributed by atoms with E-state index >= 15 is 0 Å². The number of hydrogen-bond acceptors (Lipinski definition) is 4. The van der Waals surface area contributed by atoms with Crippen LogP contribution in [0, 0.1) is 5.82 Å². The third kappa shape index (κ3) is 4.18. The van der Waals surface area contributed by atoms with E-state index in [2.05, 4.69) is 15.5 Å². The molecular formula is C14H19FN4OS. The lowest BCUT2D eigenvalue weighted by Gasteiger charge is -2.07. The van der Waals surface area contributed by atoms with Crippen molar-refractivity contribution in [2.75, 3.05) is 6.54 Å². The summed E-state index contributed by atoms with van der Waals surface area (Å²) in [5.74, 6) is -0.284. The normalized spacial score (nSPS) is 11.0. The Bertz CT molecular complexity index is 653. The molecule has 1 heterocycles. The fourth-order valence-corrected chi connectivity index (χ4v) is 2.93. The zero-order valence-electron chi connectivity index (χ0n) is 12.1. The van der Waals surface area contributed by atoms with E-state index in [1.807, 2.05) is 19.9 Å². The van der Waals surface area contributed by atoms with Gasteiger partial charge in [-0.2, -0.15) is 0 Å². The van der Waals surface area contributed by atoms with Crippen LogP contribution in [-0.2, 0) is 13.1 Å². The van der Waals surface area contributed by atoms with E-state index in [0.717, 1.165) is 23.4 Å². The SMILES string of the molecule is CCCn1c(Sc2cc(F)cc(CNCC)c2)n[nH]c1=O. The maximum absolute atomic E-state index is 13.7. The van der Waals surface area contributed by atoms with E-state index in [9.17, 15) is 9.18 Å². The van der Waals surface area contributed by atoms with Crippen LogP contribution in [0.3, 0.4) is 0 Å². The molecule has 0 aliphatic carbocycles. The molecule has 114 valence electrons. The Morgan fingerprint density at radius 2 is 2.19 bits per heavy atom. The summed E-state index contributed by atoms with van der Waals surface area (Å²) in [5, 5.41) is 10.2. The topological polar surface area (TPSA) is 62.7 Å². The molecule has 0 radical (unpaired) electrons. The molecule has 1 aromatic carbocycles. The first-order valence-electron chi connectivity index (χ1n) is 6.97. The van der Waals surface area contributed by atoms with Crippen LogP contribution in [0.1, 0.15) is 25.8 Å². The van der Waals surface area contributed by atoms with Crippen LogP contribution in [0.15, 0.2) is 33.0 Å². The molecule has 0 spiro atoms. The number of halogens is 1. The maximum Gasteiger partial charge on any atom is 0.343 e. The van der Waals surface area contributed by atoms with Gasteiger partial charge in [0.25, 0.3) is 0 Å². The zero-order valence-corrected chi connectivity index (χ0v) is 13.0. The van der Waals surface area contributed by atoms with Gasteiger partial charge in [0, 0.05) is 18.0 Å². The molecule has 0 saturated heterocycles. The molecule has 0 bridgehead atoms. The molecule has 5 nitrogen and oxygen atoms in total. The average molecular weight is 310 g/mol. The van der Waals surface area contributed by atoms with Crippen molar-refractivity contribution >= 4 is 11.8 Å². The van der Waals surface area contributed by atoms with Gasteiger partial charge in [-0.1, -0.05) is 13.8 Å². The van der Waals surface area contributed by atoms with Crippen molar-refractivity contribution in [1.82, 2.24) is 20.1 Å². The highest BCUT2D eigenvalue weighted by molar-refractivity contribution is 7.99. The van der Waals surface area contributed by atoms with E-state index in [0.29, 0.717) is 18.2 Å². The Labute approximate surface area is 127 Å². The third-order valence-electron chi connectivity index (χ3n) is 2.89. The number of H-pyrrole nitrogens is 1. The number of rotatable bonds is 7. The van der Waals surface area contributed by atoms with Crippen molar-refractivity contribution in [3.63, 3.8) is 0 Å². The van der Waals surface area contributed by atoms with Gasteiger partial charge < -0.3 is 5.32 Å². The van der Waals surface area contributed by atoms with Crippen LogP contribution in [0.5, 0.6) is 0 Å². The first kappa shape index (κ1) is 15.8. The highest BCUT2D eigenvalue weighted by atomic mass is 32.2. The summed E-state index contributed by atoms with van der Waals surface area (Å²) in [5.41, 5.74) is 0.642. The van der Waals surface area contributed by atoms with Gasteiger partial charge in [-0.05, 0) is 48.5 Å². The predicted molar refractivity (Wildman–Crippen MR) is 81.0 cm³/mol. The lowest BCUT2D eigenvalue weighted by molar-refractivity contribution is 0.603. The van der Waals surface area contributed by atoms with Gasteiger partial charge in [-0.25, -0.2) is 14.3 Å². The van der Waals surface area contributed by atoms with Crippen molar-refractivity contribution in [2.24, 2.45) is 0 Å². The minimum absolute atomic E-state index is 0.233. The van der Waals surface area contributed by atoms with Crippen LogP contribution >= 0.6 is 11.8 Å². The van der Waals surface area contributed by atoms with Crippen molar-refractivity contribution < 1.29 is 4.39 Å². The Hall–Kier alpha value is -1.60. The van der Waals surface area contributed by atoms with Gasteiger partial charge in [0.05, 0.1) is 0 Å². The Morgan fingerprint density at radius 1 is 1.38 bits per heavy atom. The first-order valence-corrected chi connectivity index (χ1v) is 7.79. The van der Waals surface area contributed by atoms with Gasteiger partial charge >= 0.3 is 5.69 Å². The van der Waals surface area contributed by atoms with Crippen LogP contribution in [0.2, 0.25) is 0 Å². The fourth-order valence-electron chi connectivity index (χ4n) is 1.96. The summed E-state index contributed by atoms with van der Waals surface area (Å²) >= 11 is 1.29. The quantitative estimate of drug-likeness (QED) is 0.824. The molecular weight excluding hydrogens is 291 g/mol. The molecule has 7 heteroatoms. The summed E-state index contributed by atoms with van der Waals surface area (Å²) in [6, 6.07) is 4.87. The summed E-state index contributed by atoms with van der Waals surface area (Å²) < 4.78 is 15.2. The minimum Gasteiger partial charge on any atom is -0.313 e. The van der Waals surface area contributed by atoms with Gasteiger partial charge in [-0.15, -0.1) is 5.10 Å². The largest absolute Gasteiger partial charge is 0.343 e. The molecule has 2 N–H and O–H groups in total. The van der Waals surface area contributed by atoms with Gasteiger partial charge in [0.1, 0.15) is 5.82 Å². The number of aromatic amines is 1. The highest BCUT2D eigenvalue weighted by Crippen LogP contribution is 2.27. The van der Waals surface area contributed by atoms with E-state index in [-0.39, 0.29) is 11.5 Å². The Morgan fingerprint density at radius 3 is 2.90 bits per heavy atom. The monoisotopic (exact) mass is 310 g/mol. The molecule has 2 rings (SSSR count). The molecule has 0 fully saturated rings. The van der Waals surface area contributed by atoms with Gasteiger partial charge in [0.15, 0.2) is 5.16 Å². The molecule has 21 heavy (non-hydrogen) atoms. The average Bonchev–Trinajstić information content (AvgIpc) is 2.78. The lowest BCUT2D eigenvalue weighted by Crippen LogP contribution is -2.17. The van der Waals surface area contributed by atoms with Gasteiger partial charge in [-0.3, -0.25) is 4.57 Å². The lowest BCUT2D eigenvalue weighted by atomic mass is 10.2. The Kier molecular flexibility index (Phi) is 5.58. The summed E-state index contributed by atoms with van der Waals surface area (Å²) in [6.45, 7) is 6.03. The van der Waals surface area contributed by atoms with Gasteiger partial charge in [0.2, 0.25) is 0 Å². The first-order chi connectivity index (χ1) is 10.1.